The van der Waals surface area contributed by atoms with E-state index in [1.165, 1.54) is 10.9 Å². The van der Waals surface area contributed by atoms with Gasteiger partial charge in [0.05, 0.1) is 11.9 Å². The van der Waals surface area contributed by atoms with Crippen molar-refractivity contribution in [3.8, 4) is 0 Å². The fourth-order valence-corrected chi connectivity index (χ4v) is 1.18. The summed E-state index contributed by atoms with van der Waals surface area (Å²) < 4.78 is 6.38. The van der Waals surface area contributed by atoms with Gasteiger partial charge in [-0.05, 0) is 6.42 Å². The maximum absolute atomic E-state index is 11.4. The molecule has 0 atom stereocenters. The average molecular weight is 212 g/mol. The number of ether oxygens (including phenoxy) is 1. The van der Waals surface area contributed by atoms with Gasteiger partial charge < -0.3 is 15.8 Å². The van der Waals surface area contributed by atoms with Crippen LogP contribution < -0.4 is 11.1 Å². The number of rotatable bonds is 5. The Morgan fingerprint density at radius 2 is 2.47 bits per heavy atom. The first kappa shape index (κ1) is 11.5. The first-order chi connectivity index (χ1) is 7.15. The van der Waals surface area contributed by atoms with Crippen LogP contribution in [-0.2, 0) is 16.6 Å². The number of nitrogens with zero attached hydrogens (tertiary/aromatic N) is 2. The number of carbonyl (C=O) groups is 1. The summed E-state index contributed by atoms with van der Waals surface area (Å²) in [5.41, 5.74) is 6.09. The van der Waals surface area contributed by atoms with Crippen molar-refractivity contribution in [2.45, 2.75) is 12.8 Å². The molecule has 84 valence electrons. The van der Waals surface area contributed by atoms with Crippen molar-refractivity contribution in [2.24, 2.45) is 7.05 Å². The van der Waals surface area contributed by atoms with Gasteiger partial charge in [0.25, 0.3) is 0 Å². The van der Waals surface area contributed by atoms with E-state index >= 15 is 0 Å². The van der Waals surface area contributed by atoms with Gasteiger partial charge in [0.15, 0.2) is 5.82 Å². The van der Waals surface area contributed by atoms with Crippen LogP contribution in [0.2, 0.25) is 0 Å². The summed E-state index contributed by atoms with van der Waals surface area (Å²) >= 11 is 0. The average Bonchev–Trinajstić information content (AvgIpc) is 2.50. The van der Waals surface area contributed by atoms with E-state index in [0.717, 1.165) is 0 Å². The Bertz CT molecular complexity index is 315. The lowest BCUT2D eigenvalue weighted by molar-refractivity contribution is -0.116. The van der Waals surface area contributed by atoms with E-state index < -0.39 is 0 Å². The maximum atomic E-state index is 11.4. The fourth-order valence-electron chi connectivity index (χ4n) is 1.18. The third-order valence-corrected chi connectivity index (χ3v) is 1.98. The number of carbonyl (C=O) groups excluding carboxylic acids is 1. The van der Waals surface area contributed by atoms with E-state index in [2.05, 4.69) is 10.4 Å². The molecule has 15 heavy (non-hydrogen) atoms. The molecule has 1 rings (SSSR count). The number of hydrogen-bond acceptors (Lipinski definition) is 4. The summed E-state index contributed by atoms with van der Waals surface area (Å²) in [5.74, 6) is 0.458. The Hall–Kier alpha value is -1.56. The third kappa shape index (κ3) is 3.25. The smallest absolute Gasteiger partial charge is 0.225 e. The SMILES string of the molecule is COCCCC(=O)Nc1c(N)cnn1C. The van der Waals surface area contributed by atoms with Crippen LogP contribution in [0.3, 0.4) is 0 Å². The van der Waals surface area contributed by atoms with Crippen molar-refractivity contribution in [1.82, 2.24) is 9.78 Å². The number of anilines is 2. The summed E-state index contributed by atoms with van der Waals surface area (Å²) in [6.45, 7) is 0.578. The highest BCUT2D eigenvalue weighted by Gasteiger charge is 2.08. The van der Waals surface area contributed by atoms with Crippen molar-refractivity contribution < 1.29 is 9.53 Å². The number of aromatic nitrogens is 2. The molecule has 1 aromatic rings. The highest BCUT2D eigenvalue weighted by Crippen LogP contribution is 2.15. The van der Waals surface area contributed by atoms with Crippen molar-refractivity contribution >= 4 is 17.4 Å². The second-order valence-corrected chi connectivity index (χ2v) is 3.22. The van der Waals surface area contributed by atoms with Crippen LogP contribution in [0.25, 0.3) is 0 Å². The largest absolute Gasteiger partial charge is 0.394 e. The van der Waals surface area contributed by atoms with Gasteiger partial charge in [0.1, 0.15) is 0 Å². The predicted octanol–water partition coefficient (Wildman–Crippen LogP) is 0.367. The van der Waals surface area contributed by atoms with E-state index in [9.17, 15) is 4.79 Å². The summed E-state index contributed by atoms with van der Waals surface area (Å²) in [5, 5.41) is 6.62. The second-order valence-electron chi connectivity index (χ2n) is 3.22. The minimum Gasteiger partial charge on any atom is -0.394 e. The summed E-state index contributed by atoms with van der Waals surface area (Å²) in [7, 11) is 3.33. The second kappa shape index (κ2) is 5.35. The molecule has 0 unspecified atom stereocenters. The molecule has 0 aliphatic heterocycles. The quantitative estimate of drug-likeness (QED) is 0.691. The number of methoxy groups -OCH3 is 1. The van der Waals surface area contributed by atoms with Gasteiger partial charge in [-0.2, -0.15) is 5.10 Å². The van der Waals surface area contributed by atoms with Crippen LogP contribution in [0.4, 0.5) is 11.5 Å². The summed E-state index contributed by atoms with van der Waals surface area (Å²) in [4.78, 5) is 11.4. The minimum absolute atomic E-state index is 0.0812. The first-order valence-corrected chi connectivity index (χ1v) is 4.71. The molecule has 3 N–H and O–H groups in total. The molecule has 0 bridgehead atoms. The van der Waals surface area contributed by atoms with Gasteiger partial charge in [-0.3, -0.25) is 9.48 Å². The molecule has 6 heteroatoms. The van der Waals surface area contributed by atoms with Gasteiger partial charge in [-0.15, -0.1) is 0 Å². The molecule has 0 saturated heterocycles. The number of nitrogens with two attached hydrogens (primary N) is 1. The zero-order chi connectivity index (χ0) is 11.3. The van der Waals surface area contributed by atoms with Crippen LogP contribution in [0, 0.1) is 0 Å². The van der Waals surface area contributed by atoms with Crippen LogP contribution in [0.5, 0.6) is 0 Å². The topological polar surface area (TPSA) is 82.2 Å². The molecular formula is C9H16N4O2. The minimum atomic E-state index is -0.0812. The molecule has 0 fully saturated rings. The number of aryl methyl sites for hydroxylation is 1. The zero-order valence-corrected chi connectivity index (χ0v) is 8.99. The van der Waals surface area contributed by atoms with E-state index in [1.54, 1.807) is 14.2 Å². The van der Waals surface area contributed by atoms with E-state index in [4.69, 9.17) is 10.5 Å². The molecule has 1 heterocycles. The molecule has 1 amide bonds. The Labute approximate surface area is 88.4 Å². The zero-order valence-electron chi connectivity index (χ0n) is 8.99. The van der Waals surface area contributed by atoms with Gasteiger partial charge in [0, 0.05) is 27.2 Å². The number of nitrogens with one attached hydrogen (secondary N) is 1. The molecule has 6 nitrogen and oxygen atoms in total. The first-order valence-electron chi connectivity index (χ1n) is 4.71. The lowest BCUT2D eigenvalue weighted by Crippen LogP contribution is -2.15. The Balaban J connectivity index is 2.44. The molecule has 1 aromatic heterocycles. The van der Waals surface area contributed by atoms with Crippen LogP contribution in [-0.4, -0.2) is 29.4 Å². The van der Waals surface area contributed by atoms with Crippen LogP contribution >= 0.6 is 0 Å². The van der Waals surface area contributed by atoms with Crippen LogP contribution in [0.15, 0.2) is 6.20 Å². The van der Waals surface area contributed by atoms with Gasteiger partial charge in [0.2, 0.25) is 5.91 Å². The molecule has 0 radical (unpaired) electrons. The van der Waals surface area contributed by atoms with Crippen LogP contribution in [0.1, 0.15) is 12.8 Å². The highest BCUT2D eigenvalue weighted by atomic mass is 16.5. The highest BCUT2D eigenvalue weighted by molar-refractivity contribution is 5.92. The molecule has 0 saturated carbocycles. The Morgan fingerprint density at radius 3 is 3.00 bits per heavy atom. The Kier molecular flexibility index (Phi) is 4.11. The predicted molar refractivity (Wildman–Crippen MR) is 57.4 cm³/mol. The summed E-state index contributed by atoms with van der Waals surface area (Å²) in [6.07, 6.45) is 2.61. The molecule has 0 aliphatic carbocycles. The monoisotopic (exact) mass is 212 g/mol. The molecule has 0 aromatic carbocycles. The molecule has 0 aliphatic rings. The standard InChI is InChI=1S/C9H16N4O2/c1-13-9(7(10)6-11-13)12-8(14)4-3-5-15-2/h6H,3-5,10H2,1-2H3,(H,12,14). The lowest BCUT2D eigenvalue weighted by Gasteiger charge is -2.05. The van der Waals surface area contributed by atoms with E-state index in [1.807, 2.05) is 0 Å². The van der Waals surface area contributed by atoms with Gasteiger partial charge in [-0.25, -0.2) is 0 Å². The van der Waals surface area contributed by atoms with Crippen molar-refractivity contribution in [3.63, 3.8) is 0 Å². The van der Waals surface area contributed by atoms with Crippen molar-refractivity contribution in [2.75, 3.05) is 24.8 Å². The normalized spacial score (nSPS) is 10.3. The number of amides is 1. The van der Waals surface area contributed by atoms with Gasteiger partial charge in [-0.1, -0.05) is 0 Å². The van der Waals surface area contributed by atoms with Gasteiger partial charge >= 0.3 is 0 Å². The Morgan fingerprint density at radius 1 is 1.73 bits per heavy atom. The van der Waals surface area contributed by atoms with E-state index in [-0.39, 0.29) is 5.91 Å². The summed E-state index contributed by atoms with van der Waals surface area (Å²) in [6, 6.07) is 0. The van der Waals surface area contributed by atoms with Crippen molar-refractivity contribution in [3.05, 3.63) is 6.20 Å². The number of nitrogen functional groups attached to an aromatic ring is 1. The molecule has 0 spiro atoms. The fraction of sp³-hybridized carbons (Fsp3) is 0.556. The third-order valence-electron chi connectivity index (χ3n) is 1.98. The molecular weight excluding hydrogens is 196 g/mol. The lowest BCUT2D eigenvalue weighted by atomic mass is 10.3. The van der Waals surface area contributed by atoms with E-state index in [0.29, 0.717) is 31.0 Å². The maximum Gasteiger partial charge on any atom is 0.225 e. The number of hydrogen-bond donors (Lipinski definition) is 2. The van der Waals surface area contributed by atoms with Crippen molar-refractivity contribution in [1.29, 1.82) is 0 Å².